The van der Waals surface area contributed by atoms with Gasteiger partial charge in [0, 0.05) is 6.54 Å². The number of carbonyl (C=O) groups is 1. The number of ether oxygens (including phenoxy) is 1. The summed E-state index contributed by atoms with van der Waals surface area (Å²) in [4.78, 5) is 11.9. The van der Waals surface area contributed by atoms with E-state index in [1.165, 1.54) is 6.07 Å². The summed E-state index contributed by atoms with van der Waals surface area (Å²) < 4.78 is 7.07. The lowest BCUT2D eigenvalue weighted by atomic mass is 10.2. The van der Waals surface area contributed by atoms with Gasteiger partial charge in [0.2, 0.25) is 0 Å². The molecule has 0 amide bonds. The Morgan fingerprint density at radius 1 is 1.45 bits per heavy atom. The second-order valence-corrected chi connectivity index (χ2v) is 4.81. The van der Waals surface area contributed by atoms with Crippen LogP contribution in [0.3, 0.4) is 0 Å². The van der Waals surface area contributed by atoms with Crippen LogP contribution in [0.4, 0.5) is 5.69 Å². The number of hydrogen-bond donors (Lipinski definition) is 1. The highest BCUT2D eigenvalue weighted by atomic mass is 35.5. The van der Waals surface area contributed by atoms with Gasteiger partial charge in [0.25, 0.3) is 0 Å². The van der Waals surface area contributed by atoms with Crippen LogP contribution in [0.1, 0.15) is 28.7 Å². The topological polar surface area (TPSA) is 70.1 Å². The van der Waals surface area contributed by atoms with Crippen LogP contribution in [0, 0.1) is 6.92 Å². The number of aromatic nitrogens is 2. The zero-order valence-electron chi connectivity index (χ0n) is 11.4. The molecule has 0 spiro atoms. The van der Waals surface area contributed by atoms with Crippen molar-refractivity contribution in [2.75, 3.05) is 5.73 Å². The van der Waals surface area contributed by atoms with E-state index in [9.17, 15) is 4.79 Å². The number of nitrogens with zero attached hydrogens (tertiary/aromatic N) is 2. The van der Waals surface area contributed by atoms with Gasteiger partial charge in [-0.05, 0) is 38.1 Å². The van der Waals surface area contributed by atoms with Crippen LogP contribution >= 0.6 is 11.6 Å². The molecule has 0 aliphatic carbocycles. The summed E-state index contributed by atoms with van der Waals surface area (Å²) in [5.74, 6) is -0.437. The SMILES string of the molecule is CCn1nc(C)cc1COC(=O)c1ccc(N)c(Cl)c1. The molecule has 1 aromatic heterocycles. The summed E-state index contributed by atoms with van der Waals surface area (Å²) in [7, 11) is 0. The number of hydrogen-bond acceptors (Lipinski definition) is 4. The smallest absolute Gasteiger partial charge is 0.338 e. The molecule has 0 saturated heterocycles. The van der Waals surface area contributed by atoms with Crippen molar-refractivity contribution in [2.45, 2.75) is 27.0 Å². The van der Waals surface area contributed by atoms with Crippen molar-refractivity contribution >= 4 is 23.3 Å². The fourth-order valence-electron chi connectivity index (χ4n) is 1.87. The minimum atomic E-state index is -0.437. The fourth-order valence-corrected chi connectivity index (χ4v) is 2.05. The molecule has 0 aliphatic rings. The summed E-state index contributed by atoms with van der Waals surface area (Å²) in [6.45, 7) is 4.79. The first kappa shape index (κ1) is 14.4. The normalized spacial score (nSPS) is 10.6. The Balaban J connectivity index is 2.06. The van der Waals surface area contributed by atoms with E-state index in [0.717, 1.165) is 17.9 Å². The highest BCUT2D eigenvalue weighted by molar-refractivity contribution is 6.33. The quantitative estimate of drug-likeness (QED) is 0.695. The Kier molecular flexibility index (Phi) is 4.29. The van der Waals surface area contributed by atoms with Crippen molar-refractivity contribution in [1.82, 2.24) is 9.78 Å². The van der Waals surface area contributed by atoms with Gasteiger partial charge in [-0.25, -0.2) is 4.79 Å². The largest absolute Gasteiger partial charge is 0.456 e. The Hall–Kier alpha value is -2.01. The summed E-state index contributed by atoms with van der Waals surface area (Å²) in [5, 5.41) is 4.63. The second-order valence-electron chi connectivity index (χ2n) is 4.41. The number of aryl methyl sites for hydroxylation is 2. The lowest BCUT2D eigenvalue weighted by Gasteiger charge is -2.07. The average molecular weight is 294 g/mol. The third kappa shape index (κ3) is 3.11. The first-order valence-corrected chi connectivity index (χ1v) is 6.64. The summed E-state index contributed by atoms with van der Waals surface area (Å²) in [6.07, 6.45) is 0. The zero-order chi connectivity index (χ0) is 14.7. The van der Waals surface area contributed by atoms with Gasteiger partial charge in [0.15, 0.2) is 0 Å². The summed E-state index contributed by atoms with van der Waals surface area (Å²) in [6, 6.07) is 6.57. The number of nitrogen functional groups attached to an aromatic ring is 1. The van der Waals surface area contributed by atoms with Gasteiger partial charge in [-0.3, -0.25) is 4.68 Å². The van der Waals surface area contributed by atoms with Crippen LogP contribution in [0.5, 0.6) is 0 Å². The lowest BCUT2D eigenvalue weighted by Crippen LogP contribution is -2.09. The Labute approximate surface area is 122 Å². The fraction of sp³-hybridized carbons (Fsp3) is 0.286. The number of halogens is 1. The molecule has 0 saturated carbocycles. The van der Waals surface area contributed by atoms with Crippen LogP contribution in [-0.2, 0) is 17.9 Å². The van der Waals surface area contributed by atoms with Gasteiger partial charge in [-0.2, -0.15) is 5.10 Å². The number of benzene rings is 1. The number of nitrogens with two attached hydrogens (primary N) is 1. The van der Waals surface area contributed by atoms with Crippen LogP contribution in [0.25, 0.3) is 0 Å². The van der Waals surface area contributed by atoms with Crippen LogP contribution in [0.2, 0.25) is 5.02 Å². The maximum Gasteiger partial charge on any atom is 0.338 e. The third-order valence-corrected chi connectivity index (χ3v) is 3.20. The molecule has 106 valence electrons. The van der Waals surface area contributed by atoms with Crippen molar-refractivity contribution in [3.05, 3.63) is 46.2 Å². The molecule has 2 N–H and O–H groups in total. The molecule has 20 heavy (non-hydrogen) atoms. The Bertz CT molecular complexity index is 637. The molecule has 5 nitrogen and oxygen atoms in total. The molecule has 2 rings (SSSR count). The van der Waals surface area contributed by atoms with Gasteiger partial charge < -0.3 is 10.5 Å². The van der Waals surface area contributed by atoms with Crippen molar-refractivity contribution in [1.29, 1.82) is 0 Å². The maximum absolute atomic E-state index is 11.9. The summed E-state index contributed by atoms with van der Waals surface area (Å²) in [5.41, 5.74) is 8.17. The van der Waals surface area contributed by atoms with E-state index < -0.39 is 5.97 Å². The Morgan fingerprint density at radius 3 is 2.85 bits per heavy atom. The minimum absolute atomic E-state index is 0.176. The highest BCUT2D eigenvalue weighted by Gasteiger charge is 2.11. The van der Waals surface area contributed by atoms with Crippen molar-refractivity contribution in [3.63, 3.8) is 0 Å². The monoisotopic (exact) mass is 293 g/mol. The summed E-state index contributed by atoms with van der Waals surface area (Å²) >= 11 is 5.88. The highest BCUT2D eigenvalue weighted by Crippen LogP contribution is 2.20. The van der Waals surface area contributed by atoms with Crippen molar-refractivity contribution in [3.8, 4) is 0 Å². The van der Waals surface area contributed by atoms with Gasteiger partial charge in [0.1, 0.15) is 6.61 Å². The van der Waals surface area contributed by atoms with Crippen molar-refractivity contribution in [2.24, 2.45) is 0 Å². The predicted molar refractivity (Wildman–Crippen MR) is 77.6 cm³/mol. The van der Waals surface area contributed by atoms with Crippen LogP contribution in [-0.4, -0.2) is 15.7 Å². The van der Waals surface area contributed by atoms with Gasteiger partial charge in [-0.1, -0.05) is 11.6 Å². The van der Waals surface area contributed by atoms with E-state index in [1.54, 1.807) is 16.8 Å². The molecule has 2 aromatic rings. The molecular formula is C14H16ClN3O2. The minimum Gasteiger partial charge on any atom is -0.456 e. The molecule has 6 heteroatoms. The molecule has 1 heterocycles. The first-order chi connectivity index (χ1) is 9.51. The van der Waals surface area contributed by atoms with Crippen LogP contribution < -0.4 is 5.73 Å². The number of rotatable bonds is 4. The van der Waals surface area contributed by atoms with E-state index in [-0.39, 0.29) is 6.61 Å². The Morgan fingerprint density at radius 2 is 2.20 bits per heavy atom. The van der Waals surface area contributed by atoms with E-state index in [1.807, 2.05) is 19.9 Å². The van der Waals surface area contributed by atoms with Gasteiger partial charge in [0.05, 0.1) is 27.7 Å². The second kappa shape index (κ2) is 5.96. The molecule has 0 aliphatic heterocycles. The third-order valence-electron chi connectivity index (χ3n) is 2.87. The molecular weight excluding hydrogens is 278 g/mol. The average Bonchev–Trinajstić information content (AvgIpc) is 2.79. The van der Waals surface area contributed by atoms with Crippen molar-refractivity contribution < 1.29 is 9.53 Å². The lowest BCUT2D eigenvalue weighted by molar-refractivity contribution is 0.0462. The van der Waals surface area contributed by atoms with E-state index in [4.69, 9.17) is 22.1 Å². The van der Waals surface area contributed by atoms with Crippen LogP contribution in [0.15, 0.2) is 24.3 Å². The molecule has 0 unspecified atom stereocenters. The zero-order valence-corrected chi connectivity index (χ0v) is 12.1. The van der Waals surface area contributed by atoms with Gasteiger partial charge >= 0.3 is 5.97 Å². The van der Waals surface area contributed by atoms with E-state index in [2.05, 4.69) is 5.10 Å². The standard InChI is InChI=1S/C14H16ClN3O2/c1-3-18-11(6-9(2)17-18)8-20-14(19)10-4-5-13(16)12(15)7-10/h4-7H,3,8,16H2,1-2H3. The van der Waals surface area contributed by atoms with E-state index >= 15 is 0 Å². The number of anilines is 1. The van der Waals surface area contributed by atoms with E-state index in [0.29, 0.717) is 16.3 Å². The molecule has 0 bridgehead atoms. The number of carbonyl (C=O) groups excluding carboxylic acids is 1. The molecule has 0 fully saturated rings. The molecule has 0 atom stereocenters. The molecule has 1 aromatic carbocycles. The number of esters is 1. The predicted octanol–water partition coefficient (Wildman–Crippen LogP) is 2.80. The maximum atomic E-state index is 11.9. The molecule has 0 radical (unpaired) electrons. The first-order valence-electron chi connectivity index (χ1n) is 6.26. The van der Waals surface area contributed by atoms with Gasteiger partial charge in [-0.15, -0.1) is 0 Å².